The molecule has 0 aliphatic rings. The van der Waals surface area contributed by atoms with Crippen LogP contribution in [0.3, 0.4) is 0 Å². The van der Waals surface area contributed by atoms with Gasteiger partial charge in [-0.3, -0.25) is 0 Å². The van der Waals surface area contributed by atoms with Crippen LogP contribution in [-0.2, 0) is 0 Å². The summed E-state index contributed by atoms with van der Waals surface area (Å²) in [4.78, 5) is 10.2. The molecule has 1 aromatic heterocycles. The predicted octanol–water partition coefficient (Wildman–Crippen LogP) is 1.02. The number of furan rings is 1. The second-order valence-corrected chi connectivity index (χ2v) is 1.72. The molecule has 0 aromatic carbocycles. The van der Waals surface area contributed by atoms with E-state index in [1.54, 1.807) is 13.1 Å². The van der Waals surface area contributed by atoms with Gasteiger partial charge < -0.3 is 14.8 Å². The summed E-state index contributed by atoms with van der Waals surface area (Å²) in [6, 6.07) is 2.96. The van der Waals surface area contributed by atoms with E-state index in [9.17, 15) is 4.79 Å². The monoisotopic (exact) mass is 141 g/mol. The molecule has 4 nitrogen and oxygen atoms in total. The summed E-state index contributed by atoms with van der Waals surface area (Å²) in [6.07, 6.45) is 0. The summed E-state index contributed by atoms with van der Waals surface area (Å²) in [5.41, 5.74) is 0. The van der Waals surface area contributed by atoms with Crippen LogP contribution in [0.5, 0.6) is 0 Å². The van der Waals surface area contributed by atoms with E-state index in [2.05, 4.69) is 5.32 Å². The van der Waals surface area contributed by atoms with E-state index < -0.39 is 5.97 Å². The lowest BCUT2D eigenvalue weighted by Gasteiger charge is -1.88. The summed E-state index contributed by atoms with van der Waals surface area (Å²) in [7, 11) is 1.66. The Morgan fingerprint density at radius 1 is 1.70 bits per heavy atom. The molecule has 54 valence electrons. The number of anilines is 1. The molecule has 0 saturated carbocycles. The summed E-state index contributed by atoms with van der Waals surface area (Å²) < 4.78 is 4.78. The van der Waals surface area contributed by atoms with Crippen molar-refractivity contribution >= 4 is 11.9 Å². The number of carboxylic acid groups (broad SMARTS) is 1. The van der Waals surface area contributed by atoms with Crippen LogP contribution < -0.4 is 5.32 Å². The van der Waals surface area contributed by atoms with Gasteiger partial charge in [-0.1, -0.05) is 0 Å². The van der Waals surface area contributed by atoms with E-state index in [1.807, 2.05) is 0 Å². The van der Waals surface area contributed by atoms with Crippen molar-refractivity contribution in [3.05, 3.63) is 17.9 Å². The molecular formula is C6H7NO3. The van der Waals surface area contributed by atoms with Crippen molar-refractivity contribution in [1.82, 2.24) is 0 Å². The minimum absolute atomic E-state index is 0.0515. The highest BCUT2D eigenvalue weighted by Crippen LogP contribution is 2.11. The summed E-state index contributed by atoms with van der Waals surface area (Å²) in [6.45, 7) is 0. The molecule has 1 heterocycles. The summed E-state index contributed by atoms with van der Waals surface area (Å²) >= 11 is 0. The van der Waals surface area contributed by atoms with E-state index >= 15 is 0 Å². The zero-order chi connectivity index (χ0) is 7.56. The van der Waals surface area contributed by atoms with E-state index in [1.165, 1.54) is 6.07 Å². The minimum Gasteiger partial charge on any atom is -0.475 e. The minimum atomic E-state index is -1.05. The Morgan fingerprint density at radius 3 is 2.70 bits per heavy atom. The van der Waals surface area contributed by atoms with Gasteiger partial charge in [-0.25, -0.2) is 4.79 Å². The average molecular weight is 141 g/mol. The molecule has 10 heavy (non-hydrogen) atoms. The molecule has 0 aliphatic carbocycles. The van der Waals surface area contributed by atoms with Crippen molar-refractivity contribution in [3.8, 4) is 0 Å². The summed E-state index contributed by atoms with van der Waals surface area (Å²) in [5.74, 6) is -0.650. The smallest absolute Gasteiger partial charge is 0.371 e. The van der Waals surface area contributed by atoms with Crippen LogP contribution in [0.2, 0.25) is 0 Å². The maximum Gasteiger partial charge on any atom is 0.371 e. The Kier molecular flexibility index (Phi) is 1.62. The van der Waals surface area contributed by atoms with Gasteiger partial charge in [0, 0.05) is 13.1 Å². The molecule has 0 bridgehead atoms. The largest absolute Gasteiger partial charge is 0.475 e. The van der Waals surface area contributed by atoms with Crippen molar-refractivity contribution in [1.29, 1.82) is 0 Å². The van der Waals surface area contributed by atoms with E-state index in [0.717, 1.165) is 0 Å². The van der Waals surface area contributed by atoms with Crippen LogP contribution >= 0.6 is 0 Å². The van der Waals surface area contributed by atoms with Crippen molar-refractivity contribution in [2.75, 3.05) is 12.4 Å². The molecule has 0 saturated heterocycles. The first-order valence-electron chi connectivity index (χ1n) is 2.75. The van der Waals surface area contributed by atoms with Crippen LogP contribution in [0, 0.1) is 0 Å². The predicted molar refractivity (Wildman–Crippen MR) is 35.2 cm³/mol. The quantitative estimate of drug-likeness (QED) is 0.645. The first-order chi connectivity index (χ1) is 4.74. The SMILES string of the molecule is CNc1ccc(C(=O)O)o1. The zero-order valence-corrected chi connectivity index (χ0v) is 5.42. The second-order valence-electron chi connectivity index (χ2n) is 1.72. The fourth-order valence-corrected chi connectivity index (χ4v) is 0.587. The Labute approximate surface area is 57.5 Å². The molecule has 0 unspecified atom stereocenters. The van der Waals surface area contributed by atoms with Gasteiger partial charge in [0.2, 0.25) is 5.76 Å². The maximum absolute atomic E-state index is 10.2. The Morgan fingerprint density at radius 2 is 2.40 bits per heavy atom. The van der Waals surface area contributed by atoms with Crippen molar-refractivity contribution in [2.45, 2.75) is 0 Å². The average Bonchev–Trinajstić information content (AvgIpc) is 2.34. The molecule has 0 amide bonds. The van der Waals surface area contributed by atoms with Crippen LogP contribution in [0.4, 0.5) is 5.88 Å². The highest BCUT2D eigenvalue weighted by atomic mass is 16.4. The fraction of sp³-hybridized carbons (Fsp3) is 0.167. The molecule has 0 radical (unpaired) electrons. The van der Waals surface area contributed by atoms with Gasteiger partial charge in [0.05, 0.1) is 0 Å². The second kappa shape index (κ2) is 2.43. The van der Waals surface area contributed by atoms with E-state index in [0.29, 0.717) is 5.88 Å². The van der Waals surface area contributed by atoms with Gasteiger partial charge in [-0.15, -0.1) is 0 Å². The fourth-order valence-electron chi connectivity index (χ4n) is 0.587. The number of nitrogens with one attached hydrogen (secondary N) is 1. The number of hydrogen-bond acceptors (Lipinski definition) is 3. The third-order valence-corrected chi connectivity index (χ3v) is 1.06. The Hall–Kier alpha value is -1.45. The maximum atomic E-state index is 10.2. The Balaban J connectivity index is 2.88. The molecule has 0 fully saturated rings. The zero-order valence-electron chi connectivity index (χ0n) is 5.42. The lowest BCUT2D eigenvalue weighted by Crippen LogP contribution is -1.92. The van der Waals surface area contributed by atoms with Crippen LogP contribution in [0.25, 0.3) is 0 Å². The first kappa shape index (κ1) is 6.67. The van der Waals surface area contributed by atoms with Crippen molar-refractivity contribution in [3.63, 3.8) is 0 Å². The highest BCUT2D eigenvalue weighted by molar-refractivity contribution is 5.84. The van der Waals surface area contributed by atoms with Gasteiger partial charge in [0.25, 0.3) is 0 Å². The topological polar surface area (TPSA) is 62.5 Å². The first-order valence-corrected chi connectivity index (χ1v) is 2.75. The molecule has 2 N–H and O–H groups in total. The number of carboxylic acids is 1. The normalized spacial score (nSPS) is 9.30. The molecule has 1 rings (SSSR count). The van der Waals surface area contributed by atoms with Gasteiger partial charge in [0.1, 0.15) is 0 Å². The standard InChI is InChI=1S/C6H7NO3/c1-7-5-3-2-4(10-5)6(8)9/h2-3,7H,1H3,(H,8,9). The van der Waals surface area contributed by atoms with Crippen LogP contribution in [-0.4, -0.2) is 18.1 Å². The number of aromatic carboxylic acids is 1. The van der Waals surface area contributed by atoms with Gasteiger partial charge in [0.15, 0.2) is 5.88 Å². The lowest BCUT2D eigenvalue weighted by atomic mass is 10.5. The summed E-state index contributed by atoms with van der Waals surface area (Å²) in [5, 5.41) is 11.0. The van der Waals surface area contributed by atoms with Gasteiger partial charge in [-0.05, 0) is 6.07 Å². The number of rotatable bonds is 2. The highest BCUT2D eigenvalue weighted by Gasteiger charge is 2.06. The molecule has 1 aromatic rings. The molecule has 0 atom stereocenters. The van der Waals surface area contributed by atoms with Gasteiger partial charge in [-0.2, -0.15) is 0 Å². The van der Waals surface area contributed by atoms with Gasteiger partial charge >= 0.3 is 5.97 Å². The number of carbonyl (C=O) groups is 1. The van der Waals surface area contributed by atoms with Crippen molar-refractivity contribution in [2.24, 2.45) is 0 Å². The van der Waals surface area contributed by atoms with Crippen molar-refractivity contribution < 1.29 is 14.3 Å². The molecule has 4 heteroatoms. The number of hydrogen-bond donors (Lipinski definition) is 2. The van der Waals surface area contributed by atoms with E-state index in [4.69, 9.17) is 9.52 Å². The Bertz CT molecular complexity index is 241. The third-order valence-electron chi connectivity index (χ3n) is 1.06. The lowest BCUT2D eigenvalue weighted by molar-refractivity contribution is 0.0663. The van der Waals surface area contributed by atoms with E-state index in [-0.39, 0.29) is 5.76 Å². The molecule has 0 aliphatic heterocycles. The van der Waals surface area contributed by atoms with Crippen LogP contribution in [0.1, 0.15) is 10.6 Å². The molecule has 0 spiro atoms. The van der Waals surface area contributed by atoms with Crippen LogP contribution in [0.15, 0.2) is 16.5 Å². The third kappa shape index (κ3) is 1.10. The molecular weight excluding hydrogens is 134 g/mol.